The number of aromatic nitrogens is 1. The van der Waals surface area contributed by atoms with Crippen LogP contribution in [0.5, 0.6) is 0 Å². The summed E-state index contributed by atoms with van der Waals surface area (Å²) in [5, 5.41) is 1.47. The van der Waals surface area contributed by atoms with E-state index in [2.05, 4.69) is 22.0 Å². The number of hydrogen-bond acceptors (Lipinski definition) is 2. The molecular formula is C24H15BrFN2O2. The Morgan fingerprint density at radius 3 is 2.73 bits per heavy atom. The first-order valence-corrected chi connectivity index (χ1v) is 10.1. The van der Waals surface area contributed by atoms with Crippen molar-refractivity contribution in [3.8, 4) is 11.3 Å². The lowest BCUT2D eigenvalue weighted by Crippen LogP contribution is -2.11. The van der Waals surface area contributed by atoms with Gasteiger partial charge in [-0.3, -0.25) is 4.79 Å². The second kappa shape index (κ2) is 7.15. The molecule has 5 rings (SSSR count). The highest BCUT2D eigenvalue weighted by molar-refractivity contribution is 9.10. The SMILES string of the molecule is NC(=O)c1cccc2c1c1[c]cc(-c3ccco3)cc1n2Cc1ccc(Br)cc1F. The topological polar surface area (TPSA) is 61.2 Å². The van der Waals surface area contributed by atoms with Crippen molar-refractivity contribution >= 4 is 43.6 Å². The van der Waals surface area contributed by atoms with Crippen LogP contribution in [0, 0.1) is 11.9 Å². The first-order chi connectivity index (χ1) is 14.5. The van der Waals surface area contributed by atoms with E-state index in [1.165, 1.54) is 6.07 Å². The maximum absolute atomic E-state index is 14.6. The summed E-state index contributed by atoms with van der Waals surface area (Å²) in [7, 11) is 0. The molecule has 0 fully saturated rings. The maximum Gasteiger partial charge on any atom is 0.249 e. The van der Waals surface area contributed by atoms with Gasteiger partial charge in [0.05, 0.1) is 23.8 Å². The highest BCUT2D eigenvalue weighted by atomic mass is 79.9. The zero-order valence-corrected chi connectivity index (χ0v) is 17.2. The molecule has 1 radical (unpaired) electrons. The van der Waals surface area contributed by atoms with Crippen LogP contribution in [0.3, 0.4) is 0 Å². The van der Waals surface area contributed by atoms with Crippen molar-refractivity contribution in [1.82, 2.24) is 4.57 Å². The lowest BCUT2D eigenvalue weighted by atomic mass is 10.0. The minimum atomic E-state index is -0.516. The van der Waals surface area contributed by atoms with Gasteiger partial charge in [-0.25, -0.2) is 4.39 Å². The molecule has 0 aliphatic rings. The molecule has 4 nitrogen and oxygen atoms in total. The number of primary amides is 1. The van der Waals surface area contributed by atoms with Gasteiger partial charge in [-0.2, -0.15) is 0 Å². The fraction of sp³-hybridized carbons (Fsp3) is 0.0417. The van der Waals surface area contributed by atoms with E-state index in [0.29, 0.717) is 26.7 Å². The zero-order chi connectivity index (χ0) is 20.8. The second-order valence-electron chi connectivity index (χ2n) is 7.01. The highest BCUT2D eigenvalue weighted by Crippen LogP contribution is 2.35. The molecule has 0 saturated heterocycles. The van der Waals surface area contributed by atoms with Gasteiger partial charge in [0, 0.05) is 31.9 Å². The van der Waals surface area contributed by atoms with Gasteiger partial charge in [-0.1, -0.05) is 28.1 Å². The van der Waals surface area contributed by atoms with E-state index in [1.54, 1.807) is 24.5 Å². The normalized spacial score (nSPS) is 11.4. The average molecular weight is 462 g/mol. The van der Waals surface area contributed by atoms with Gasteiger partial charge in [-0.15, -0.1) is 0 Å². The molecule has 3 aromatic carbocycles. The highest BCUT2D eigenvalue weighted by Gasteiger charge is 2.18. The summed E-state index contributed by atoms with van der Waals surface area (Å²) in [6.07, 6.45) is 1.61. The van der Waals surface area contributed by atoms with Crippen molar-refractivity contribution in [2.24, 2.45) is 5.73 Å². The third kappa shape index (κ3) is 3.00. The third-order valence-electron chi connectivity index (χ3n) is 5.21. The summed E-state index contributed by atoms with van der Waals surface area (Å²) in [5.41, 5.74) is 9.03. The van der Waals surface area contributed by atoms with Crippen molar-refractivity contribution in [2.75, 3.05) is 0 Å². The smallest absolute Gasteiger partial charge is 0.249 e. The van der Waals surface area contributed by atoms with E-state index < -0.39 is 5.91 Å². The van der Waals surface area contributed by atoms with Gasteiger partial charge >= 0.3 is 0 Å². The number of furan rings is 1. The molecule has 0 aliphatic carbocycles. The molecule has 0 unspecified atom stereocenters. The van der Waals surface area contributed by atoms with Gasteiger partial charge in [0.15, 0.2) is 0 Å². The Balaban J connectivity index is 1.82. The molecule has 0 aliphatic heterocycles. The molecule has 5 aromatic rings. The number of carbonyl (C=O) groups excluding carboxylic acids is 1. The lowest BCUT2D eigenvalue weighted by molar-refractivity contribution is 0.100. The van der Waals surface area contributed by atoms with Gasteiger partial charge in [0.1, 0.15) is 11.6 Å². The van der Waals surface area contributed by atoms with Crippen LogP contribution in [0.15, 0.2) is 75.8 Å². The summed E-state index contributed by atoms with van der Waals surface area (Å²) < 4.78 is 22.8. The lowest BCUT2D eigenvalue weighted by Gasteiger charge is -2.10. The number of fused-ring (bicyclic) bond motifs is 3. The fourth-order valence-corrected chi connectivity index (χ4v) is 4.17. The fourth-order valence-electron chi connectivity index (χ4n) is 3.84. The number of rotatable bonds is 4. The van der Waals surface area contributed by atoms with Crippen molar-refractivity contribution < 1.29 is 13.6 Å². The number of hydrogen-bond donors (Lipinski definition) is 1. The summed E-state index contributed by atoms with van der Waals surface area (Å²) in [4.78, 5) is 12.1. The summed E-state index contributed by atoms with van der Waals surface area (Å²) >= 11 is 3.30. The molecule has 6 heteroatoms. The maximum atomic E-state index is 14.6. The standard InChI is InChI=1S/C24H15BrFN2O2/c25-16-8-6-15(19(26)12-16)13-28-20-4-1-3-18(24(27)29)23(20)17-9-7-14(11-21(17)28)22-5-2-10-30-22/h1-8,10-12H,13H2,(H2,27,29). The van der Waals surface area contributed by atoms with E-state index in [-0.39, 0.29) is 12.4 Å². The first-order valence-electron chi connectivity index (χ1n) is 9.27. The molecule has 0 bridgehead atoms. The Labute approximate surface area is 179 Å². The molecule has 1 amide bonds. The Morgan fingerprint density at radius 1 is 1.13 bits per heavy atom. The monoisotopic (exact) mass is 461 g/mol. The van der Waals surface area contributed by atoms with Crippen molar-refractivity contribution in [1.29, 1.82) is 0 Å². The van der Waals surface area contributed by atoms with E-state index in [0.717, 1.165) is 22.0 Å². The Morgan fingerprint density at radius 2 is 2.00 bits per heavy atom. The molecule has 0 spiro atoms. The number of benzene rings is 3. The average Bonchev–Trinajstić information content (AvgIpc) is 3.36. The number of amides is 1. The van der Waals surface area contributed by atoms with Crippen LogP contribution in [0.4, 0.5) is 4.39 Å². The van der Waals surface area contributed by atoms with E-state index in [4.69, 9.17) is 10.2 Å². The molecule has 0 saturated carbocycles. The van der Waals surface area contributed by atoms with Crippen molar-refractivity contribution in [3.05, 3.63) is 94.4 Å². The molecule has 30 heavy (non-hydrogen) atoms. The minimum absolute atomic E-state index is 0.288. The third-order valence-corrected chi connectivity index (χ3v) is 5.70. The predicted molar refractivity (Wildman–Crippen MR) is 118 cm³/mol. The van der Waals surface area contributed by atoms with Crippen LogP contribution >= 0.6 is 15.9 Å². The van der Waals surface area contributed by atoms with E-state index >= 15 is 0 Å². The van der Waals surface area contributed by atoms with Gasteiger partial charge in [-0.05, 0) is 54.6 Å². The van der Waals surface area contributed by atoms with Crippen LogP contribution in [0.2, 0.25) is 0 Å². The number of nitrogens with two attached hydrogens (primary N) is 1. The Hall–Kier alpha value is -3.38. The summed E-state index contributed by atoms with van der Waals surface area (Å²) in [6.45, 7) is 0.288. The number of carbonyl (C=O) groups is 1. The molecule has 0 atom stereocenters. The first kappa shape index (κ1) is 18.6. The van der Waals surface area contributed by atoms with E-state index in [9.17, 15) is 9.18 Å². The Bertz CT molecular complexity index is 1420. The van der Waals surface area contributed by atoms with Crippen LogP contribution in [-0.2, 0) is 6.54 Å². The van der Waals surface area contributed by atoms with E-state index in [1.807, 2.05) is 41.0 Å². The zero-order valence-electron chi connectivity index (χ0n) is 15.7. The quantitative estimate of drug-likeness (QED) is 0.361. The second-order valence-corrected chi connectivity index (χ2v) is 7.93. The molecule has 2 aromatic heterocycles. The van der Waals surface area contributed by atoms with Crippen LogP contribution in [0.1, 0.15) is 15.9 Å². The predicted octanol–water partition coefficient (Wildman–Crippen LogP) is 5.90. The van der Waals surface area contributed by atoms with Crippen LogP contribution in [0.25, 0.3) is 33.1 Å². The number of halogens is 2. The minimum Gasteiger partial charge on any atom is -0.464 e. The largest absolute Gasteiger partial charge is 0.464 e. The van der Waals surface area contributed by atoms with Crippen LogP contribution < -0.4 is 5.73 Å². The van der Waals surface area contributed by atoms with Gasteiger partial charge in [0.2, 0.25) is 5.91 Å². The van der Waals surface area contributed by atoms with Crippen molar-refractivity contribution in [2.45, 2.75) is 6.54 Å². The van der Waals surface area contributed by atoms with Gasteiger partial charge in [0.25, 0.3) is 0 Å². The Kier molecular flexibility index (Phi) is 4.44. The molecule has 2 N–H and O–H groups in total. The molecular weight excluding hydrogens is 447 g/mol. The molecule has 2 heterocycles. The van der Waals surface area contributed by atoms with Crippen LogP contribution in [-0.4, -0.2) is 10.5 Å². The number of nitrogens with zero attached hydrogens (tertiary/aromatic N) is 1. The van der Waals surface area contributed by atoms with Crippen molar-refractivity contribution in [3.63, 3.8) is 0 Å². The van der Waals surface area contributed by atoms with Gasteiger partial charge < -0.3 is 14.7 Å². The summed E-state index contributed by atoms with van der Waals surface area (Å²) in [5.74, 6) is -0.121. The summed E-state index contributed by atoms with van der Waals surface area (Å²) in [6, 6.07) is 21.1. The molecule has 147 valence electrons.